The van der Waals surface area contributed by atoms with Gasteiger partial charge in [0.2, 0.25) is 11.8 Å². The Morgan fingerprint density at radius 1 is 1.17 bits per heavy atom. The summed E-state index contributed by atoms with van der Waals surface area (Å²) in [6.45, 7) is 3.92. The highest BCUT2D eigenvalue weighted by Crippen LogP contribution is 2.18. The van der Waals surface area contributed by atoms with Crippen molar-refractivity contribution in [1.82, 2.24) is 14.4 Å². The third kappa shape index (κ3) is 3.31. The van der Waals surface area contributed by atoms with Gasteiger partial charge in [-0.3, -0.25) is 14.2 Å². The van der Waals surface area contributed by atoms with E-state index < -0.39 is 5.76 Å². The molecular formula is C16H18ClN3O4. The van der Waals surface area contributed by atoms with Crippen LogP contribution in [0.5, 0.6) is 0 Å². The summed E-state index contributed by atoms with van der Waals surface area (Å²) >= 11 is 5.88. The number of hydrogen-bond donors (Lipinski definition) is 0. The van der Waals surface area contributed by atoms with Crippen LogP contribution in [-0.2, 0) is 16.1 Å². The van der Waals surface area contributed by atoms with Crippen molar-refractivity contribution in [2.24, 2.45) is 0 Å². The van der Waals surface area contributed by atoms with Gasteiger partial charge in [-0.1, -0.05) is 11.6 Å². The van der Waals surface area contributed by atoms with Crippen LogP contribution in [0, 0.1) is 0 Å². The fraction of sp³-hybridized carbons (Fsp3) is 0.438. The molecule has 128 valence electrons. The van der Waals surface area contributed by atoms with Crippen LogP contribution >= 0.6 is 11.6 Å². The molecule has 0 N–H and O–H groups in total. The van der Waals surface area contributed by atoms with Gasteiger partial charge in [0.25, 0.3) is 0 Å². The first-order valence-corrected chi connectivity index (χ1v) is 8.15. The summed E-state index contributed by atoms with van der Waals surface area (Å²) in [5.41, 5.74) is 1.04. The summed E-state index contributed by atoms with van der Waals surface area (Å²) in [5.74, 6) is -0.507. The summed E-state index contributed by atoms with van der Waals surface area (Å²) < 4.78 is 6.59. The van der Waals surface area contributed by atoms with Crippen molar-refractivity contribution in [2.45, 2.75) is 19.9 Å². The van der Waals surface area contributed by atoms with Crippen molar-refractivity contribution in [3.63, 3.8) is 0 Å². The average Bonchev–Trinajstić information content (AvgIpc) is 2.87. The number of carbonyl (C=O) groups is 2. The summed E-state index contributed by atoms with van der Waals surface area (Å²) in [6.07, 6.45) is 0.206. The molecule has 2 aromatic rings. The van der Waals surface area contributed by atoms with Crippen LogP contribution in [-0.4, -0.2) is 52.4 Å². The molecule has 24 heavy (non-hydrogen) atoms. The Balaban J connectivity index is 1.64. The number of piperazine rings is 1. The zero-order valence-electron chi connectivity index (χ0n) is 13.3. The lowest BCUT2D eigenvalue weighted by Gasteiger charge is -2.34. The minimum Gasteiger partial charge on any atom is -0.408 e. The van der Waals surface area contributed by atoms with Crippen molar-refractivity contribution >= 4 is 34.5 Å². The van der Waals surface area contributed by atoms with Crippen molar-refractivity contribution in [3.8, 4) is 0 Å². The molecule has 1 aromatic heterocycles. The number of aryl methyl sites for hydroxylation is 1. The van der Waals surface area contributed by atoms with Gasteiger partial charge in [-0.2, -0.15) is 0 Å². The molecular weight excluding hydrogens is 334 g/mol. The smallest absolute Gasteiger partial charge is 0.408 e. The second-order valence-electron chi connectivity index (χ2n) is 5.77. The number of hydrogen-bond acceptors (Lipinski definition) is 4. The van der Waals surface area contributed by atoms with Crippen molar-refractivity contribution in [1.29, 1.82) is 0 Å². The molecule has 8 heteroatoms. The van der Waals surface area contributed by atoms with Crippen LogP contribution in [0.1, 0.15) is 13.3 Å². The largest absolute Gasteiger partial charge is 0.419 e. The second kappa shape index (κ2) is 6.68. The van der Waals surface area contributed by atoms with E-state index in [2.05, 4.69) is 0 Å². The summed E-state index contributed by atoms with van der Waals surface area (Å²) in [4.78, 5) is 39.0. The van der Waals surface area contributed by atoms with E-state index in [1.165, 1.54) is 11.5 Å². The first-order chi connectivity index (χ1) is 11.5. The van der Waals surface area contributed by atoms with E-state index in [0.29, 0.717) is 42.3 Å². The van der Waals surface area contributed by atoms with Crippen LogP contribution < -0.4 is 5.76 Å². The average molecular weight is 352 g/mol. The van der Waals surface area contributed by atoms with Gasteiger partial charge in [0.15, 0.2) is 5.58 Å². The molecule has 0 saturated carbocycles. The normalized spacial score (nSPS) is 15.1. The zero-order valence-corrected chi connectivity index (χ0v) is 14.1. The van der Waals surface area contributed by atoms with Gasteiger partial charge in [0.05, 0.1) is 5.52 Å². The van der Waals surface area contributed by atoms with Gasteiger partial charge in [-0.05, 0) is 12.1 Å². The number of rotatable bonds is 3. The molecule has 0 atom stereocenters. The van der Waals surface area contributed by atoms with Crippen LogP contribution in [0.25, 0.3) is 11.1 Å². The van der Waals surface area contributed by atoms with Crippen molar-refractivity contribution < 1.29 is 14.0 Å². The number of oxazole rings is 1. The highest BCUT2D eigenvalue weighted by Gasteiger charge is 2.22. The Bertz CT molecular complexity index is 833. The molecule has 0 unspecified atom stereocenters. The monoisotopic (exact) mass is 351 g/mol. The predicted octanol–water partition coefficient (Wildman–Crippen LogP) is 1.33. The molecule has 2 amide bonds. The quantitative estimate of drug-likeness (QED) is 0.836. The van der Waals surface area contributed by atoms with Gasteiger partial charge in [-0.25, -0.2) is 4.79 Å². The highest BCUT2D eigenvalue weighted by molar-refractivity contribution is 6.31. The lowest BCUT2D eigenvalue weighted by atomic mass is 10.2. The molecule has 1 aliphatic rings. The van der Waals surface area contributed by atoms with Crippen LogP contribution in [0.15, 0.2) is 27.4 Å². The molecule has 0 aliphatic carbocycles. The van der Waals surface area contributed by atoms with Gasteiger partial charge in [0, 0.05) is 57.2 Å². The molecule has 1 aromatic carbocycles. The fourth-order valence-electron chi connectivity index (χ4n) is 2.89. The first-order valence-electron chi connectivity index (χ1n) is 7.78. The van der Waals surface area contributed by atoms with E-state index in [1.54, 1.807) is 28.0 Å². The number of carbonyl (C=O) groups excluding carboxylic acids is 2. The molecule has 0 radical (unpaired) electrons. The van der Waals surface area contributed by atoms with Gasteiger partial charge >= 0.3 is 5.76 Å². The van der Waals surface area contributed by atoms with E-state index in [9.17, 15) is 14.4 Å². The van der Waals surface area contributed by atoms with Crippen molar-refractivity contribution in [3.05, 3.63) is 33.8 Å². The van der Waals surface area contributed by atoms with Crippen molar-refractivity contribution in [2.75, 3.05) is 26.2 Å². The van der Waals surface area contributed by atoms with Gasteiger partial charge < -0.3 is 14.2 Å². The molecule has 0 bridgehead atoms. The molecule has 0 spiro atoms. The summed E-state index contributed by atoms with van der Waals surface area (Å²) in [6, 6.07) is 4.97. The Hall–Kier alpha value is -2.28. The third-order valence-electron chi connectivity index (χ3n) is 4.26. The molecule has 1 fully saturated rings. The number of halogens is 1. The highest BCUT2D eigenvalue weighted by atomic mass is 35.5. The van der Waals surface area contributed by atoms with E-state index in [4.69, 9.17) is 16.0 Å². The fourth-order valence-corrected chi connectivity index (χ4v) is 3.05. The topological polar surface area (TPSA) is 75.8 Å². The maximum absolute atomic E-state index is 12.3. The minimum absolute atomic E-state index is 0.0252. The molecule has 1 saturated heterocycles. The Morgan fingerprint density at radius 3 is 2.50 bits per heavy atom. The zero-order chi connectivity index (χ0) is 17.3. The Kier molecular flexibility index (Phi) is 4.62. The van der Waals surface area contributed by atoms with Gasteiger partial charge in [-0.15, -0.1) is 0 Å². The van der Waals surface area contributed by atoms with E-state index in [-0.39, 0.29) is 24.8 Å². The SMILES string of the molecule is CC(=O)N1CCN(C(=O)CCn2c(=O)oc3cc(Cl)ccc32)CC1. The van der Waals surface area contributed by atoms with Gasteiger partial charge in [0.1, 0.15) is 0 Å². The lowest BCUT2D eigenvalue weighted by Crippen LogP contribution is -2.50. The minimum atomic E-state index is -0.499. The number of amides is 2. The molecule has 3 rings (SSSR count). The molecule has 2 heterocycles. The number of nitrogens with zero attached hydrogens (tertiary/aromatic N) is 3. The molecule has 7 nitrogen and oxygen atoms in total. The van der Waals surface area contributed by atoms with Crippen LogP contribution in [0.4, 0.5) is 0 Å². The van der Waals surface area contributed by atoms with E-state index in [0.717, 1.165) is 0 Å². The predicted molar refractivity (Wildman–Crippen MR) is 88.9 cm³/mol. The Labute approximate surface area is 143 Å². The Morgan fingerprint density at radius 2 is 1.83 bits per heavy atom. The second-order valence-corrected chi connectivity index (χ2v) is 6.20. The summed E-state index contributed by atoms with van der Waals surface area (Å²) in [7, 11) is 0. The first kappa shape index (κ1) is 16.6. The van der Waals surface area contributed by atoms with E-state index >= 15 is 0 Å². The third-order valence-corrected chi connectivity index (χ3v) is 4.49. The van der Waals surface area contributed by atoms with Crippen LogP contribution in [0.3, 0.4) is 0 Å². The maximum atomic E-state index is 12.3. The summed E-state index contributed by atoms with van der Waals surface area (Å²) in [5, 5.41) is 0.489. The maximum Gasteiger partial charge on any atom is 0.419 e. The van der Waals surface area contributed by atoms with Crippen LogP contribution in [0.2, 0.25) is 5.02 Å². The van der Waals surface area contributed by atoms with E-state index in [1.807, 2.05) is 0 Å². The molecule has 1 aliphatic heterocycles. The standard InChI is InChI=1S/C16H18ClN3O4/c1-11(21)18-6-8-19(9-7-18)15(22)4-5-20-13-3-2-12(17)10-14(13)24-16(20)23/h2-3,10H,4-9H2,1H3. The number of fused-ring (bicyclic) bond motifs is 1. The number of aromatic nitrogens is 1. The lowest BCUT2D eigenvalue weighted by molar-refractivity contribution is -0.138. The number of benzene rings is 1.